The van der Waals surface area contributed by atoms with Crippen LogP contribution in [0.3, 0.4) is 0 Å². The van der Waals surface area contributed by atoms with Gasteiger partial charge in [-0.15, -0.1) is 0 Å². The highest BCUT2D eigenvalue weighted by Gasteiger charge is 2.28. The Bertz CT molecular complexity index is 979. The maximum absolute atomic E-state index is 12.8. The van der Waals surface area contributed by atoms with Crippen LogP contribution in [0.4, 0.5) is 0 Å². The van der Waals surface area contributed by atoms with E-state index in [0.717, 1.165) is 11.1 Å². The minimum Gasteiger partial charge on any atom is -0.462 e. The molecule has 2 aromatic rings. The maximum atomic E-state index is 12.8. The maximum Gasteiger partial charge on any atom is 0.340 e. The normalized spacial score (nSPS) is 19.7. The molecule has 1 aliphatic rings. The summed E-state index contributed by atoms with van der Waals surface area (Å²) in [6, 6.07) is 5.51. The number of rotatable bonds is 3. The van der Waals surface area contributed by atoms with Crippen molar-refractivity contribution in [2.45, 2.75) is 18.7 Å². The van der Waals surface area contributed by atoms with Gasteiger partial charge in [-0.3, -0.25) is 4.68 Å². The highest BCUT2D eigenvalue weighted by atomic mass is 32.2. The first-order valence-electron chi connectivity index (χ1n) is 7.57. The topological polar surface area (TPSA) is 73.6 Å². The van der Waals surface area contributed by atoms with Gasteiger partial charge in [-0.05, 0) is 31.5 Å². The molecule has 1 aliphatic heterocycles. The van der Waals surface area contributed by atoms with Crippen molar-refractivity contribution in [2.24, 2.45) is 11.4 Å². The number of carbonyl (C=O) groups is 1. The highest BCUT2D eigenvalue weighted by Crippen LogP contribution is 2.36. The molecule has 0 saturated heterocycles. The summed E-state index contributed by atoms with van der Waals surface area (Å²) in [6.07, 6.45) is 5.22. The summed E-state index contributed by atoms with van der Waals surface area (Å²) in [5.74, 6) is -0.446. The summed E-state index contributed by atoms with van der Waals surface area (Å²) in [6.45, 7) is 3.72. The Balaban J connectivity index is 2.24. The molecule has 1 aromatic heterocycles. The SMILES string of the molecule is CCOC(=O)C1=C(C)N=S(C)(=O)c2ccc(-c3cnn(C)c3)cc21. The third kappa shape index (κ3) is 2.75. The van der Waals surface area contributed by atoms with Crippen molar-refractivity contribution in [3.63, 3.8) is 0 Å². The molecule has 2 heterocycles. The standard InChI is InChI=1S/C17H19N3O3S/c1-5-23-17(21)16-11(2)19-24(4,22)15-7-6-12(8-14(15)16)13-9-18-20(3)10-13/h6-10H,5H2,1-4H3. The number of allylic oxidation sites excluding steroid dienone is 1. The Labute approximate surface area is 141 Å². The monoisotopic (exact) mass is 345 g/mol. The molecule has 0 saturated carbocycles. The van der Waals surface area contributed by atoms with Crippen LogP contribution in [0.2, 0.25) is 0 Å². The largest absolute Gasteiger partial charge is 0.462 e. The van der Waals surface area contributed by atoms with E-state index < -0.39 is 15.7 Å². The zero-order valence-corrected chi connectivity index (χ0v) is 14.9. The molecule has 24 heavy (non-hydrogen) atoms. The number of hydrogen-bond acceptors (Lipinski definition) is 5. The van der Waals surface area contributed by atoms with Crippen molar-refractivity contribution in [2.75, 3.05) is 12.9 Å². The van der Waals surface area contributed by atoms with Crippen LogP contribution in [0.25, 0.3) is 16.7 Å². The molecular weight excluding hydrogens is 326 g/mol. The number of ether oxygens (including phenoxy) is 1. The number of nitrogens with zero attached hydrogens (tertiary/aromatic N) is 3. The van der Waals surface area contributed by atoms with Crippen LogP contribution in [0, 0.1) is 0 Å². The molecule has 7 heteroatoms. The highest BCUT2D eigenvalue weighted by molar-refractivity contribution is 7.93. The van der Waals surface area contributed by atoms with Gasteiger partial charge in [-0.25, -0.2) is 9.00 Å². The van der Waals surface area contributed by atoms with Crippen molar-refractivity contribution >= 4 is 21.3 Å². The molecule has 0 radical (unpaired) electrons. The number of benzene rings is 1. The molecule has 6 nitrogen and oxygen atoms in total. The van der Waals surface area contributed by atoms with Crippen molar-refractivity contribution in [1.82, 2.24) is 9.78 Å². The molecule has 0 N–H and O–H groups in total. The van der Waals surface area contributed by atoms with Crippen LogP contribution in [0.1, 0.15) is 19.4 Å². The quantitative estimate of drug-likeness (QED) is 0.802. The van der Waals surface area contributed by atoms with Gasteiger partial charge in [0, 0.05) is 30.6 Å². The summed E-state index contributed by atoms with van der Waals surface area (Å²) < 4.78 is 24.0. The van der Waals surface area contributed by atoms with Crippen LogP contribution < -0.4 is 0 Å². The van der Waals surface area contributed by atoms with Gasteiger partial charge in [0.1, 0.15) is 0 Å². The second-order valence-corrected chi connectivity index (χ2v) is 7.92. The Morgan fingerprint density at radius 2 is 2.08 bits per heavy atom. The number of esters is 1. The number of fused-ring (bicyclic) bond motifs is 1. The van der Waals surface area contributed by atoms with Gasteiger partial charge >= 0.3 is 5.97 Å². The van der Waals surface area contributed by atoms with Crippen LogP contribution in [0.5, 0.6) is 0 Å². The minimum atomic E-state index is -2.58. The summed E-state index contributed by atoms with van der Waals surface area (Å²) >= 11 is 0. The zero-order chi connectivity index (χ0) is 17.5. The van der Waals surface area contributed by atoms with Gasteiger partial charge < -0.3 is 4.74 Å². The fourth-order valence-electron chi connectivity index (χ4n) is 2.82. The van der Waals surface area contributed by atoms with Crippen LogP contribution in [0.15, 0.2) is 45.5 Å². The number of hydrogen-bond donors (Lipinski definition) is 0. The van der Waals surface area contributed by atoms with Gasteiger partial charge in [0.15, 0.2) is 0 Å². The summed E-state index contributed by atoms with van der Waals surface area (Å²) in [7, 11) is -0.737. The first-order chi connectivity index (χ1) is 11.3. The van der Waals surface area contributed by atoms with Gasteiger partial charge in [0.05, 0.1) is 38.7 Å². The number of aryl methyl sites for hydroxylation is 1. The summed E-state index contributed by atoms with van der Waals surface area (Å²) in [4.78, 5) is 12.9. The zero-order valence-electron chi connectivity index (χ0n) is 14.1. The van der Waals surface area contributed by atoms with Crippen LogP contribution in [-0.2, 0) is 26.3 Å². The molecule has 0 bridgehead atoms. The predicted octanol–water partition coefficient (Wildman–Crippen LogP) is 2.85. The van der Waals surface area contributed by atoms with Crippen LogP contribution in [-0.4, -0.2) is 32.8 Å². The van der Waals surface area contributed by atoms with Crippen molar-refractivity contribution in [1.29, 1.82) is 0 Å². The molecule has 0 spiro atoms. The molecule has 1 unspecified atom stereocenters. The van der Waals surface area contributed by atoms with Crippen molar-refractivity contribution in [3.05, 3.63) is 41.9 Å². The fourth-order valence-corrected chi connectivity index (χ4v) is 4.42. The van der Waals surface area contributed by atoms with Crippen LogP contribution >= 0.6 is 0 Å². The summed E-state index contributed by atoms with van der Waals surface area (Å²) in [5.41, 5.74) is 3.25. The Kier molecular flexibility index (Phi) is 4.04. The molecular formula is C17H19N3O3S. The van der Waals surface area contributed by atoms with E-state index in [1.807, 2.05) is 25.4 Å². The number of aromatic nitrogens is 2. The number of carbonyl (C=O) groups excluding carboxylic acids is 1. The van der Waals surface area contributed by atoms with E-state index in [9.17, 15) is 9.00 Å². The van der Waals surface area contributed by atoms with E-state index in [4.69, 9.17) is 4.74 Å². The van der Waals surface area contributed by atoms with E-state index in [1.54, 1.807) is 37.0 Å². The van der Waals surface area contributed by atoms with Gasteiger partial charge in [-0.2, -0.15) is 9.46 Å². The smallest absolute Gasteiger partial charge is 0.340 e. The van der Waals surface area contributed by atoms with Gasteiger partial charge in [0.2, 0.25) is 0 Å². The van der Waals surface area contributed by atoms with Crippen molar-refractivity contribution < 1.29 is 13.7 Å². The molecule has 126 valence electrons. The minimum absolute atomic E-state index is 0.273. The predicted molar refractivity (Wildman–Crippen MR) is 92.6 cm³/mol. The third-order valence-electron chi connectivity index (χ3n) is 3.85. The van der Waals surface area contributed by atoms with E-state index in [2.05, 4.69) is 9.46 Å². The average Bonchev–Trinajstić information content (AvgIpc) is 2.93. The lowest BCUT2D eigenvalue weighted by Crippen LogP contribution is -2.15. The van der Waals surface area contributed by atoms with E-state index in [1.165, 1.54) is 0 Å². The molecule has 0 aliphatic carbocycles. The second kappa shape index (κ2) is 5.90. The first kappa shape index (κ1) is 16.4. The van der Waals surface area contributed by atoms with E-state index in [-0.39, 0.29) is 6.61 Å². The first-order valence-corrected chi connectivity index (χ1v) is 9.49. The molecule has 0 amide bonds. The van der Waals surface area contributed by atoms with E-state index in [0.29, 0.717) is 21.7 Å². The summed E-state index contributed by atoms with van der Waals surface area (Å²) in [5, 5.41) is 4.17. The van der Waals surface area contributed by atoms with Gasteiger partial charge in [-0.1, -0.05) is 6.07 Å². The molecule has 1 atom stereocenters. The van der Waals surface area contributed by atoms with Gasteiger partial charge in [0.25, 0.3) is 0 Å². The molecule has 0 fully saturated rings. The van der Waals surface area contributed by atoms with E-state index >= 15 is 0 Å². The lowest BCUT2D eigenvalue weighted by Gasteiger charge is -2.20. The second-order valence-electron chi connectivity index (χ2n) is 5.69. The lowest BCUT2D eigenvalue weighted by atomic mass is 9.99. The Hall–Kier alpha value is -2.41. The average molecular weight is 345 g/mol. The molecule has 3 rings (SSSR count). The lowest BCUT2D eigenvalue weighted by molar-refractivity contribution is -0.136. The Morgan fingerprint density at radius 1 is 1.33 bits per heavy atom. The Morgan fingerprint density at radius 3 is 2.71 bits per heavy atom. The third-order valence-corrected chi connectivity index (χ3v) is 5.64. The molecule has 1 aromatic carbocycles. The van der Waals surface area contributed by atoms with Crippen molar-refractivity contribution in [3.8, 4) is 11.1 Å². The fraction of sp³-hybridized carbons (Fsp3) is 0.294.